The van der Waals surface area contributed by atoms with E-state index in [1.807, 2.05) is 0 Å². The average Bonchev–Trinajstić information content (AvgIpc) is 2.37. The van der Waals surface area contributed by atoms with Gasteiger partial charge >= 0.3 is 12.1 Å². The van der Waals surface area contributed by atoms with E-state index >= 15 is 0 Å². The SMILES string of the molecule is CC(C)(C)OC(=O)N[C@@H](CCc1cc(F)cc(F)c1N)C(=O)O. The average molecular weight is 330 g/mol. The standard InChI is InChI=1S/C15H20F2N2O4/c1-15(2,3)23-14(22)19-11(13(20)21)5-4-8-6-9(16)7-10(17)12(8)18/h6-7,11H,4-5,18H2,1-3H3,(H,19,22)(H,20,21)/t11-/m0/s1. The van der Waals surface area contributed by atoms with Gasteiger partial charge in [-0.15, -0.1) is 0 Å². The number of anilines is 1. The number of nitrogens with two attached hydrogens (primary N) is 1. The van der Waals surface area contributed by atoms with Crippen LogP contribution < -0.4 is 11.1 Å². The van der Waals surface area contributed by atoms with Crippen LogP contribution in [0, 0.1) is 11.6 Å². The van der Waals surface area contributed by atoms with Crippen LogP contribution in [0.4, 0.5) is 19.3 Å². The number of aryl methyl sites for hydroxylation is 1. The van der Waals surface area contributed by atoms with Crippen molar-refractivity contribution in [2.45, 2.75) is 45.3 Å². The van der Waals surface area contributed by atoms with Gasteiger partial charge in [-0.25, -0.2) is 18.4 Å². The molecule has 1 atom stereocenters. The molecule has 0 saturated carbocycles. The molecule has 4 N–H and O–H groups in total. The monoisotopic (exact) mass is 330 g/mol. The molecular formula is C15H20F2N2O4. The van der Waals surface area contributed by atoms with Crippen LogP contribution in [-0.2, 0) is 16.0 Å². The predicted molar refractivity (Wildman–Crippen MR) is 79.9 cm³/mol. The Bertz CT molecular complexity index is 600. The largest absolute Gasteiger partial charge is 0.480 e. The number of carbonyl (C=O) groups is 2. The number of benzene rings is 1. The molecule has 128 valence electrons. The summed E-state index contributed by atoms with van der Waals surface area (Å²) in [6.45, 7) is 4.91. The van der Waals surface area contributed by atoms with Crippen LogP contribution >= 0.6 is 0 Å². The van der Waals surface area contributed by atoms with Gasteiger partial charge in [0.2, 0.25) is 0 Å². The van der Waals surface area contributed by atoms with Crippen LogP contribution in [0.2, 0.25) is 0 Å². The third-order valence-electron chi connectivity index (χ3n) is 2.87. The van der Waals surface area contributed by atoms with Gasteiger partial charge in [0.15, 0.2) is 0 Å². The Kier molecular flexibility index (Phi) is 5.89. The lowest BCUT2D eigenvalue weighted by atomic mass is 10.0. The summed E-state index contributed by atoms with van der Waals surface area (Å²) in [6.07, 6.45) is -1.00. The highest BCUT2D eigenvalue weighted by atomic mass is 19.1. The van der Waals surface area contributed by atoms with Gasteiger partial charge in [0.1, 0.15) is 23.3 Å². The molecule has 1 aromatic rings. The van der Waals surface area contributed by atoms with Crippen LogP contribution in [0.5, 0.6) is 0 Å². The molecule has 1 aromatic carbocycles. The molecule has 23 heavy (non-hydrogen) atoms. The van der Waals surface area contributed by atoms with Crippen LogP contribution in [0.15, 0.2) is 12.1 Å². The van der Waals surface area contributed by atoms with E-state index in [0.29, 0.717) is 6.07 Å². The van der Waals surface area contributed by atoms with Crippen molar-refractivity contribution < 1.29 is 28.2 Å². The third kappa shape index (κ3) is 6.09. The lowest BCUT2D eigenvalue weighted by Crippen LogP contribution is -2.43. The summed E-state index contributed by atoms with van der Waals surface area (Å²) in [4.78, 5) is 22.8. The summed E-state index contributed by atoms with van der Waals surface area (Å²) in [5.41, 5.74) is 4.62. The first-order chi connectivity index (χ1) is 10.5. The summed E-state index contributed by atoms with van der Waals surface area (Å²) in [5, 5.41) is 11.3. The van der Waals surface area contributed by atoms with Gasteiger partial charge < -0.3 is 20.9 Å². The Morgan fingerprint density at radius 2 is 1.96 bits per heavy atom. The first-order valence-electron chi connectivity index (χ1n) is 6.95. The van der Waals surface area contributed by atoms with Crippen molar-refractivity contribution in [1.29, 1.82) is 0 Å². The van der Waals surface area contributed by atoms with E-state index in [-0.39, 0.29) is 24.1 Å². The van der Waals surface area contributed by atoms with E-state index in [2.05, 4.69) is 5.32 Å². The number of carboxylic acid groups (broad SMARTS) is 1. The highest BCUT2D eigenvalue weighted by molar-refractivity contribution is 5.80. The van der Waals surface area contributed by atoms with Crippen LogP contribution in [0.1, 0.15) is 32.8 Å². The first-order valence-corrected chi connectivity index (χ1v) is 6.95. The first kappa shape index (κ1) is 18.7. The minimum Gasteiger partial charge on any atom is -0.480 e. The Labute approximate surface area is 132 Å². The lowest BCUT2D eigenvalue weighted by molar-refractivity contribution is -0.139. The van der Waals surface area contributed by atoms with Crippen molar-refractivity contribution >= 4 is 17.7 Å². The smallest absolute Gasteiger partial charge is 0.408 e. The number of carboxylic acids is 1. The van der Waals surface area contributed by atoms with Gasteiger partial charge in [0.25, 0.3) is 0 Å². The number of ether oxygens (including phenoxy) is 1. The van der Waals surface area contributed by atoms with Gasteiger partial charge in [-0.2, -0.15) is 0 Å². The van der Waals surface area contributed by atoms with Crippen molar-refractivity contribution in [3.05, 3.63) is 29.3 Å². The normalized spacial score (nSPS) is 12.6. The second kappa shape index (κ2) is 7.26. The maximum atomic E-state index is 13.3. The van der Waals surface area contributed by atoms with Gasteiger partial charge in [-0.05, 0) is 45.2 Å². The predicted octanol–water partition coefficient (Wildman–Crippen LogP) is 2.46. The summed E-state index contributed by atoms with van der Waals surface area (Å²) in [5.74, 6) is -3.00. The topological polar surface area (TPSA) is 102 Å². The fourth-order valence-corrected chi connectivity index (χ4v) is 1.85. The van der Waals surface area contributed by atoms with E-state index in [1.165, 1.54) is 0 Å². The van der Waals surface area contributed by atoms with E-state index in [9.17, 15) is 18.4 Å². The minimum atomic E-state index is -1.29. The number of hydrogen-bond acceptors (Lipinski definition) is 4. The number of amides is 1. The van der Waals surface area contributed by atoms with E-state index < -0.39 is 35.3 Å². The molecule has 0 aliphatic rings. The van der Waals surface area contributed by atoms with Gasteiger partial charge in [0.05, 0.1) is 5.69 Å². The molecule has 0 aliphatic carbocycles. The second-order valence-corrected chi connectivity index (χ2v) is 6.04. The van der Waals surface area contributed by atoms with E-state index in [4.69, 9.17) is 15.6 Å². The number of alkyl carbamates (subject to hydrolysis) is 1. The number of rotatable bonds is 5. The number of carbonyl (C=O) groups excluding carboxylic acids is 1. The molecule has 1 amide bonds. The molecular weight excluding hydrogens is 310 g/mol. The summed E-state index contributed by atoms with van der Waals surface area (Å²) in [6, 6.07) is 0.410. The van der Waals surface area contributed by atoms with Crippen LogP contribution in [-0.4, -0.2) is 28.8 Å². The van der Waals surface area contributed by atoms with Crippen molar-refractivity contribution in [3.63, 3.8) is 0 Å². The highest BCUT2D eigenvalue weighted by Crippen LogP contribution is 2.20. The molecule has 0 aliphatic heterocycles. The van der Waals surface area contributed by atoms with Crippen molar-refractivity contribution in [2.24, 2.45) is 0 Å². The van der Waals surface area contributed by atoms with Gasteiger partial charge in [-0.3, -0.25) is 0 Å². The Morgan fingerprint density at radius 3 is 2.48 bits per heavy atom. The molecule has 0 spiro atoms. The fourth-order valence-electron chi connectivity index (χ4n) is 1.85. The third-order valence-corrected chi connectivity index (χ3v) is 2.87. The Balaban J connectivity index is 2.75. The Hall–Kier alpha value is -2.38. The van der Waals surface area contributed by atoms with Crippen LogP contribution in [0.3, 0.4) is 0 Å². The number of hydrogen-bond donors (Lipinski definition) is 3. The lowest BCUT2D eigenvalue weighted by Gasteiger charge is -2.22. The van der Waals surface area contributed by atoms with E-state index in [1.54, 1.807) is 20.8 Å². The molecule has 0 bridgehead atoms. The highest BCUT2D eigenvalue weighted by Gasteiger charge is 2.24. The second-order valence-electron chi connectivity index (χ2n) is 6.04. The van der Waals surface area contributed by atoms with E-state index in [0.717, 1.165) is 6.07 Å². The Morgan fingerprint density at radius 1 is 1.35 bits per heavy atom. The zero-order chi connectivity index (χ0) is 17.8. The summed E-state index contributed by atoms with van der Waals surface area (Å²) >= 11 is 0. The zero-order valence-corrected chi connectivity index (χ0v) is 13.2. The number of aliphatic carboxylic acids is 1. The van der Waals surface area contributed by atoms with Crippen molar-refractivity contribution in [1.82, 2.24) is 5.32 Å². The van der Waals surface area contributed by atoms with Gasteiger partial charge in [-0.1, -0.05) is 0 Å². The molecule has 0 aromatic heterocycles. The van der Waals surface area contributed by atoms with Crippen molar-refractivity contribution in [3.8, 4) is 0 Å². The molecule has 1 rings (SSSR count). The maximum Gasteiger partial charge on any atom is 0.408 e. The number of halogens is 2. The molecule has 0 unspecified atom stereocenters. The fraction of sp³-hybridized carbons (Fsp3) is 0.467. The number of nitrogens with one attached hydrogen (secondary N) is 1. The maximum absolute atomic E-state index is 13.3. The van der Waals surface area contributed by atoms with Crippen molar-refractivity contribution in [2.75, 3.05) is 5.73 Å². The molecule has 8 heteroatoms. The molecule has 6 nitrogen and oxygen atoms in total. The van der Waals surface area contributed by atoms with Gasteiger partial charge in [0, 0.05) is 6.07 Å². The van der Waals surface area contributed by atoms with Crippen LogP contribution in [0.25, 0.3) is 0 Å². The number of nitrogen functional groups attached to an aromatic ring is 1. The quantitative estimate of drug-likeness (QED) is 0.720. The molecule has 0 radical (unpaired) electrons. The zero-order valence-electron chi connectivity index (χ0n) is 13.2. The molecule has 0 heterocycles. The molecule has 0 saturated heterocycles. The minimum absolute atomic E-state index is 0.0206. The molecule has 0 fully saturated rings. The summed E-state index contributed by atoms with van der Waals surface area (Å²) < 4.78 is 31.5. The summed E-state index contributed by atoms with van der Waals surface area (Å²) in [7, 11) is 0.